The third kappa shape index (κ3) is 2.97. The topological polar surface area (TPSA) is 61.5 Å². The van der Waals surface area contributed by atoms with Gasteiger partial charge in [0.1, 0.15) is 0 Å². The molecule has 0 spiro atoms. The SMILES string of the molecule is CC1(C)COC(C)(CC(N)=O)OC1. The van der Waals surface area contributed by atoms with E-state index in [1.807, 2.05) is 0 Å². The van der Waals surface area contributed by atoms with E-state index < -0.39 is 11.7 Å². The number of nitrogens with two attached hydrogens (primary N) is 1. The van der Waals surface area contributed by atoms with Crippen molar-refractivity contribution in [1.82, 2.24) is 0 Å². The largest absolute Gasteiger partial charge is 0.370 e. The van der Waals surface area contributed by atoms with E-state index in [9.17, 15) is 4.79 Å². The number of ether oxygens (including phenoxy) is 2. The molecule has 0 aromatic heterocycles. The lowest BCUT2D eigenvalue weighted by atomic mass is 9.94. The predicted molar refractivity (Wildman–Crippen MR) is 47.9 cm³/mol. The minimum Gasteiger partial charge on any atom is -0.370 e. The number of hydrogen-bond acceptors (Lipinski definition) is 3. The van der Waals surface area contributed by atoms with Crippen LogP contribution >= 0.6 is 0 Å². The van der Waals surface area contributed by atoms with Crippen LogP contribution in [0.3, 0.4) is 0 Å². The fourth-order valence-electron chi connectivity index (χ4n) is 1.20. The van der Waals surface area contributed by atoms with Crippen molar-refractivity contribution in [1.29, 1.82) is 0 Å². The summed E-state index contributed by atoms with van der Waals surface area (Å²) >= 11 is 0. The zero-order valence-electron chi connectivity index (χ0n) is 8.42. The number of hydrogen-bond donors (Lipinski definition) is 1. The van der Waals surface area contributed by atoms with Gasteiger partial charge in [-0.25, -0.2) is 0 Å². The van der Waals surface area contributed by atoms with E-state index in [0.29, 0.717) is 13.2 Å². The lowest BCUT2D eigenvalue weighted by Crippen LogP contribution is -2.47. The Morgan fingerprint density at radius 2 is 1.77 bits per heavy atom. The molecular formula is C9H17NO3. The van der Waals surface area contributed by atoms with E-state index in [0.717, 1.165) is 0 Å². The lowest BCUT2D eigenvalue weighted by Gasteiger charge is -2.40. The van der Waals surface area contributed by atoms with Crippen LogP contribution in [0.4, 0.5) is 0 Å². The Balaban J connectivity index is 2.51. The number of rotatable bonds is 2. The maximum absolute atomic E-state index is 10.7. The summed E-state index contributed by atoms with van der Waals surface area (Å²) < 4.78 is 10.9. The van der Waals surface area contributed by atoms with Gasteiger partial charge in [-0.05, 0) is 6.92 Å². The number of carbonyl (C=O) groups excluding carboxylic acids is 1. The molecule has 1 saturated heterocycles. The number of amides is 1. The molecule has 1 aliphatic rings. The molecule has 76 valence electrons. The molecule has 0 aromatic carbocycles. The maximum Gasteiger partial charge on any atom is 0.222 e. The van der Waals surface area contributed by atoms with Gasteiger partial charge in [-0.3, -0.25) is 4.79 Å². The van der Waals surface area contributed by atoms with Crippen molar-refractivity contribution in [2.75, 3.05) is 13.2 Å². The van der Waals surface area contributed by atoms with Crippen LogP contribution in [0.1, 0.15) is 27.2 Å². The van der Waals surface area contributed by atoms with Crippen LogP contribution in [0, 0.1) is 5.41 Å². The molecule has 4 nitrogen and oxygen atoms in total. The molecule has 4 heteroatoms. The lowest BCUT2D eigenvalue weighted by molar-refractivity contribution is -0.288. The fraction of sp³-hybridized carbons (Fsp3) is 0.889. The van der Waals surface area contributed by atoms with Crippen LogP contribution in [0.5, 0.6) is 0 Å². The molecule has 0 radical (unpaired) electrons. The summed E-state index contributed by atoms with van der Waals surface area (Å²) in [6.07, 6.45) is 0.114. The summed E-state index contributed by atoms with van der Waals surface area (Å²) in [5, 5.41) is 0. The molecular weight excluding hydrogens is 170 g/mol. The van der Waals surface area contributed by atoms with E-state index in [1.54, 1.807) is 6.92 Å². The summed E-state index contributed by atoms with van der Waals surface area (Å²) in [6.45, 7) is 7.04. The van der Waals surface area contributed by atoms with Crippen LogP contribution in [-0.2, 0) is 14.3 Å². The Morgan fingerprint density at radius 3 is 2.15 bits per heavy atom. The molecule has 0 atom stereocenters. The summed E-state index contributed by atoms with van der Waals surface area (Å²) in [4.78, 5) is 10.7. The Bertz CT molecular complexity index is 203. The highest BCUT2D eigenvalue weighted by molar-refractivity contribution is 5.74. The summed E-state index contributed by atoms with van der Waals surface area (Å²) in [5.41, 5.74) is 5.10. The van der Waals surface area contributed by atoms with Gasteiger partial charge in [0.2, 0.25) is 5.91 Å². The fourth-order valence-corrected chi connectivity index (χ4v) is 1.20. The molecule has 1 rings (SSSR count). The van der Waals surface area contributed by atoms with Crippen LogP contribution in [-0.4, -0.2) is 24.9 Å². The smallest absolute Gasteiger partial charge is 0.222 e. The first-order valence-electron chi connectivity index (χ1n) is 4.39. The van der Waals surface area contributed by atoms with Crippen LogP contribution in [0.2, 0.25) is 0 Å². The van der Waals surface area contributed by atoms with Crippen LogP contribution < -0.4 is 5.73 Å². The van der Waals surface area contributed by atoms with Crippen molar-refractivity contribution in [3.05, 3.63) is 0 Å². The molecule has 1 fully saturated rings. The molecule has 1 amide bonds. The van der Waals surface area contributed by atoms with Crippen LogP contribution in [0.25, 0.3) is 0 Å². The van der Waals surface area contributed by atoms with Gasteiger partial charge < -0.3 is 15.2 Å². The monoisotopic (exact) mass is 187 g/mol. The molecule has 1 heterocycles. The first-order valence-corrected chi connectivity index (χ1v) is 4.39. The molecule has 1 aliphatic heterocycles. The van der Waals surface area contributed by atoms with Crippen molar-refractivity contribution in [2.24, 2.45) is 11.1 Å². The Hall–Kier alpha value is -0.610. The second-order valence-corrected chi connectivity index (χ2v) is 4.52. The van der Waals surface area contributed by atoms with Crippen molar-refractivity contribution in [3.63, 3.8) is 0 Å². The van der Waals surface area contributed by atoms with Gasteiger partial charge in [0.05, 0.1) is 19.6 Å². The van der Waals surface area contributed by atoms with E-state index in [2.05, 4.69) is 13.8 Å². The highest BCUT2D eigenvalue weighted by atomic mass is 16.7. The maximum atomic E-state index is 10.7. The number of carbonyl (C=O) groups is 1. The Labute approximate surface area is 78.4 Å². The molecule has 0 aliphatic carbocycles. The summed E-state index contributed by atoms with van der Waals surface area (Å²) in [5.74, 6) is -1.22. The van der Waals surface area contributed by atoms with Gasteiger partial charge in [-0.15, -0.1) is 0 Å². The van der Waals surface area contributed by atoms with Crippen molar-refractivity contribution in [2.45, 2.75) is 33.0 Å². The third-order valence-electron chi connectivity index (χ3n) is 2.03. The molecule has 0 unspecified atom stereocenters. The Kier molecular flexibility index (Phi) is 2.63. The van der Waals surface area contributed by atoms with Crippen molar-refractivity contribution < 1.29 is 14.3 Å². The Morgan fingerprint density at radius 1 is 1.31 bits per heavy atom. The van der Waals surface area contributed by atoms with Gasteiger partial charge in [0.25, 0.3) is 0 Å². The van der Waals surface area contributed by atoms with Gasteiger partial charge in [-0.1, -0.05) is 13.8 Å². The highest BCUT2D eigenvalue weighted by Gasteiger charge is 2.37. The third-order valence-corrected chi connectivity index (χ3v) is 2.03. The van der Waals surface area contributed by atoms with Gasteiger partial charge >= 0.3 is 0 Å². The molecule has 13 heavy (non-hydrogen) atoms. The normalized spacial score (nSPS) is 25.5. The first kappa shape index (κ1) is 10.5. The average Bonchev–Trinajstić information content (AvgIpc) is 1.95. The van der Waals surface area contributed by atoms with Gasteiger partial charge in [0, 0.05) is 5.41 Å². The molecule has 0 bridgehead atoms. The molecule has 2 N–H and O–H groups in total. The summed E-state index contributed by atoms with van der Waals surface area (Å²) in [6, 6.07) is 0. The van der Waals surface area contributed by atoms with E-state index in [1.165, 1.54) is 0 Å². The van der Waals surface area contributed by atoms with E-state index in [4.69, 9.17) is 15.2 Å². The predicted octanol–water partition coefficient (Wildman–Crippen LogP) is 0.651. The standard InChI is InChI=1S/C9H17NO3/c1-8(2)5-12-9(3,13-6-8)4-7(10)11/h4-6H2,1-3H3,(H2,10,11). The minimum absolute atomic E-state index is 0.0250. The van der Waals surface area contributed by atoms with Crippen LogP contribution in [0.15, 0.2) is 0 Å². The van der Waals surface area contributed by atoms with Gasteiger partial charge in [0.15, 0.2) is 5.79 Å². The summed E-state index contributed by atoms with van der Waals surface area (Å²) in [7, 11) is 0. The number of primary amides is 1. The average molecular weight is 187 g/mol. The van der Waals surface area contributed by atoms with Gasteiger partial charge in [-0.2, -0.15) is 0 Å². The minimum atomic E-state index is -0.818. The quantitative estimate of drug-likeness (QED) is 0.690. The second-order valence-electron chi connectivity index (χ2n) is 4.52. The van der Waals surface area contributed by atoms with E-state index in [-0.39, 0.29) is 11.8 Å². The molecule has 0 saturated carbocycles. The first-order chi connectivity index (χ1) is 5.83. The zero-order valence-corrected chi connectivity index (χ0v) is 8.42. The second kappa shape index (κ2) is 3.27. The highest BCUT2D eigenvalue weighted by Crippen LogP contribution is 2.30. The zero-order chi connectivity index (χ0) is 10.1. The molecule has 0 aromatic rings. The van der Waals surface area contributed by atoms with Crippen molar-refractivity contribution in [3.8, 4) is 0 Å². The van der Waals surface area contributed by atoms with E-state index >= 15 is 0 Å². The van der Waals surface area contributed by atoms with Crippen molar-refractivity contribution >= 4 is 5.91 Å².